The predicted octanol–water partition coefficient (Wildman–Crippen LogP) is 0.500. The molecule has 0 aromatic carbocycles. The van der Waals surface area contributed by atoms with Crippen LogP contribution in [0.25, 0.3) is 0 Å². The molecule has 2 heterocycles. The Labute approximate surface area is 105 Å². The Kier molecular flexibility index (Phi) is 3.66. The summed E-state index contributed by atoms with van der Waals surface area (Å²) in [6, 6.07) is 3.21. The number of carbonyl (C=O) groups is 2. The number of methoxy groups -OCH3 is 1. The number of rotatable bonds is 2. The van der Waals surface area contributed by atoms with Crippen molar-refractivity contribution in [2.45, 2.75) is 13.0 Å². The van der Waals surface area contributed by atoms with Gasteiger partial charge in [0.1, 0.15) is 0 Å². The molecule has 1 saturated heterocycles. The van der Waals surface area contributed by atoms with Crippen LogP contribution in [0.2, 0.25) is 0 Å². The second-order valence-corrected chi connectivity index (χ2v) is 4.26. The zero-order valence-corrected chi connectivity index (χ0v) is 10.4. The van der Waals surface area contributed by atoms with Crippen molar-refractivity contribution >= 4 is 11.9 Å². The van der Waals surface area contributed by atoms with Gasteiger partial charge in [0.05, 0.1) is 7.11 Å². The topological polar surface area (TPSA) is 71.8 Å². The van der Waals surface area contributed by atoms with E-state index in [1.807, 2.05) is 6.92 Å². The molecule has 1 aliphatic heterocycles. The van der Waals surface area contributed by atoms with Gasteiger partial charge < -0.3 is 19.4 Å². The molecule has 1 aliphatic rings. The molecule has 6 heteroatoms. The van der Waals surface area contributed by atoms with Crippen LogP contribution in [0.3, 0.4) is 0 Å². The quantitative estimate of drug-likeness (QED) is 0.776. The molecule has 18 heavy (non-hydrogen) atoms. The van der Waals surface area contributed by atoms with E-state index in [2.05, 4.69) is 10.1 Å². The Bertz CT molecular complexity index is 455. The summed E-state index contributed by atoms with van der Waals surface area (Å²) in [5, 5.41) is 3.25. The maximum atomic E-state index is 12.1. The van der Waals surface area contributed by atoms with Crippen molar-refractivity contribution in [3.05, 3.63) is 23.7 Å². The zero-order chi connectivity index (χ0) is 13.1. The highest BCUT2D eigenvalue weighted by atomic mass is 16.5. The zero-order valence-electron chi connectivity index (χ0n) is 10.4. The molecule has 0 bridgehead atoms. The maximum Gasteiger partial charge on any atom is 0.373 e. The second kappa shape index (κ2) is 5.22. The number of esters is 1. The van der Waals surface area contributed by atoms with E-state index in [1.54, 1.807) is 4.90 Å². The molecule has 1 atom stereocenters. The first-order valence-electron chi connectivity index (χ1n) is 5.82. The van der Waals surface area contributed by atoms with Crippen molar-refractivity contribution in [2.24, 2.45) is 0 Å². The Morgan fingerprint density at radius 3 is 2.83 bits per heavy atom. The fourth-order valence-electron chi connectivity index (χ4n) is 1.94. The lowest BCUT2D eigenvalue weighted by molar-refractivity contribution is 0.0556. The van der Waals surface area contributed by atoms with Crippen LogP contribution in [0.4, 0.5) is 0 Å². The van der Waals surface area contributed by atoms with Crippen LogP contribution in [0.15, 0.2) is 16.5 Å². The summed E-state index contributed by atoms with van der Waals surface area (Å²) in [5.74, 6) is -0.560. The molecule has 0 unspecified atom stereocenters. The van der Waals surface area contributed by atoms with Crippen LogP contribution in [0.5, 0.6) is 0 Å². The van der Waals surface area contributed by atoms with E-state index >= 15 is 0 Å². The molecule has 0 saturated carbocycles. The molecule has 0 spiro atoms. The smallest absolute Gasteiger partial charge is 0.373 e. The van der Waals surface area contributed by atoms with Crippen molar-refractivity contribution < 1.29 is 18.7 Å². The molecule has 2 rings (SSSR count). The molecule has 6 nitrogen and oxygen atoms in total. The fraction of sp³-hybridized carbons (Fsp3) is 0.500. The maximum absolute atomic E-state index is 12.1. The van der Waals surface area contributed by atoms with E-state index in [-0.39, 0.29) is 23.5 Å². The van der Waals surface area contributed by atoms with E-state index in [9.17, 15) is 9.59 Å². The van der Waals surface area contributed by atoms with Crippen LogP contribution in [-0.2, 0) is 4.74 Å². The summed E-state index contributed by atoms with van der Waals surface area (Å²) in [4.78, 5) is 25.1. The third kappa shape index (κ3) is 2.53. The lowest BCUT2D eigenvalue weighted by Crippen LogP contribution is -2.51. The standard InChI is InChI=1S/C12H16N2O4/c1-8-7-14(6-5-13-8)11(15)9-3-4-10(18-9)12(16)17-2/h3-4,8,13H,5-7H2,1-2H3/t8-/m1/s1. The van der Waals surface area contributed by atoms with Gasteiger partial charge in [0.15, 0.2) is 5.76 Å². The summed E-state index contributed by atoms with van der Waals surface area (Å²) >= 11 is 0. The molecular formula is C12H16N2O4. The summed E-state index contributed by atoms with van der Waals surface area (Å²) in [5.41, 5.74) is 0. The number of ether oxygens (including phenoxy) is 1. The number of furan rings is 1. The highest BCUT2D eigenvalue weighted by molar-refractivity contribution is 5.94. The van der Waals surface area contributed by atoms with Crippen LogP contribution in [-0.4, -0.2) is 49.6 Å². The number of hydrogen-bond donors (Lipinski definition) is 1. The summed E-state index contributed by atoms with van der Waals surface area (Å²) in [7, 11) is 1.27. The van der Waals surface area contributed by atoms with E-state index in [1.165, 1.54) is 19.2 Å². The van der Waals surface area contributed by atoms with Gasteiger partial charge >= 0.3 is 5.97 Å². The molecule has 0 aliphatic carbocycles. The molecular weight excluding hydrogens is 236 g/mol. The Balaban J connectivity index is 2.08. The van der Waals surface area contributed by atoms with Gasteiger partial charge in [0.25, 0.3) is 5.91 Å². The van der Waals surface area contributed by atoms with Crippen LogP contribution in [0.1, 0.15) is 28.0 Å². The highest BCUT2D eigenvalue weighted by Gasteiger charge is 2.24. The highest BCUT2D eigenvalue weighted by Crippen LogP contribution is 2.13. The average Bonchev–Trinajstić information content (AvgIpc) is 2.86. The molecule has 1 aromatic rings. The minimum absolute atomic E-state index is 0.0454. The van der Waals surface area contributed by atoms with Crippen LogP contribution in [0, 0.1) is 0 Å². The Hall–Kier alpha value is -1.82. The summed E-state index contributed by atoms with van der Waals surface area (Å²) in [6.07, 6.45) is 0. The van der Waals surface area contributed by atoms with Crippen molar-refractivity contribution in [1.82, 2.24) is 10.2 Å². The predicted molar refractivity (Wildman–Crippen MR) is 63.4 cm³/mol. The normalized spacial score (nSPS) is 19.7. The van der Waals surface area contributed by atoms with Gasteiger partial charge in [-0.3, -0.25) is 4.79 Å². The van der Waals surface area contributed by atoms with Gasteiger partial charge in [-0.25, -0.2) is 4.79 Å². The number of hydrogen-bond acceptors (Lipinski definition) is 5. The van der Waals surface area contributed by atoms with Crippen LogP contribution < -0.4 is 5.32 Å². The van der Waals surface area contributed by atoms with E-state index in [0.717, 1.165) is 6.54 Å². The van der Waals surface area contributed by atoms with Gasteiger partial charge in [0, 0.05) is 25.7 Å². The van der Waals surface area contributed by atoms with E-state index in [4.69, 9.17) is 4.42 Å². The fourth-order valence-corrected chi connectivity index (χ4v) is 1.94. The lowest BCUT2D eigenvalue weighted by Gasteiger charge is -2.31. The van der Waals surface area contributed by atoms with Crippen LogP contribution >= 0.6 is 0 Å². The minimum atomic E-state index is -0.581. The molecule has 1 fully saturated rings. The van der Waals surface area contributed by atoms with Gasteiger partial charge in [-0.2, -0.15) is 0 Å². The largest absolute Gasteiger partial charge is 0.463 e. The first-order chi connectivity index (χ1) is 8.61. The number of nitrogens with zero attached hydrogens (tertiary/aromatic N) is 1. The van der Waals surface area contributed by atoms with E-state index in [0.29, 0.717) is 13.1 Å². The number of piperazine rings is 1. The summed E-state index contributed by atoms with van der Waals surface area (Å²) in [6.45, 7) is 4.05. The minimum Gasteiger partial charge on any atom is -0.463 e. The second-order valence-electron chi connectivity index (χ2n) is 4.26. The number of nitrogens with one attached hydrogen (secondary N) is 1. The average molecular weight is 252 g/mol. The first-order valence-corrected chi connectivity index (χ1v) is 5.82. The first kappa shape index (κ1) is 12.6. The van der Waals surface area contributed by atoms with Gasteiger partial charge in [0.2, 0.25) is 5.76 Å². The SMILES string of the molecule is COC(=O)c1ccc(C(=O)N2CCN[C@H](C)C2)o1. The van der Waals surface area contributed by atoms with Crippen molar-refractivity contribution in [3.8, 4) is 0 Å². The van der Waals surface area contributed by atoms with E-state index < -0.39 is 5.97 Å². The third-order valence-electron chi connectivity index (χ3n) is 2.86. The van der Waals surface area contributed by atoms with Crippen molar-refractivity contribution in [3.63, 3.8) is 0 Å². The number of amides is 1. The Morgan fingerprint density at radius 1 is 1.44 bits per heavy atom. The molecule has 1 N–H and O–H groups in total. The molecule has 98 valence electrons. The molecule has 1 amide bonds. The van der Waals surface area contributed by atoms with Gasteiger partial charge in [-0.15, -0.1) is 0 Å². The Morgan fingerprint density at radius 2 is 2.17 bits per heavy atom. The lowest BCUT2D eigenvalue weighted by atomic mass is 10.2. The monoisotopic (exact) mass is 252 g/mol. The molecule has 0 radical (unpaired) electrons. The van der Waals surface area contributed by atoms with Crippen molar-refractivity contribution in [2.75, 3.05) is 26.7 Å². The molecule has 1 aromatic heterocycles. The van der Waals surface area contributed by atoms with Gasteiger partial charge in [-0.1, -0.05) is 0 Å². The van der Waals surface area contributed by atoms with Crippen molar-refractivity contribution in [1.29, 1.82) is 0 Å². The van der Waals surface area contributed by atoms with Gasteiger partial charge in [-0.05, 0) is 19.1 Å². The number of carbonyl (C=O) groups excluding carboxylic acids is 2. The third-order valence-corrected chi connectivity index (χ3v) is 2.86. The summed E-state index contributed by atoms with van der Waals surface area (Å²) < 4.78 is 9.72.